The second kappa shape index (κ2) is 8.17. The second-order valence-electron chi connectivity index (χ2n) is 8.24. The number of amides is 2. The van der Waals surface area contributed by atoms with Crippen LogP contribution in [0.2, 0.25) is 0 Å². The van der Waals surface area contributed by atoms with Crippen molar-refractivity contribution in [3.63, 3.8) is 0 Å². The Morgan fingerprint density at radius 3 is 2.45 bits per heavy atom. The highest BCUT2D eigenvalue weighted by atomic mass is 35.5. The molecular weight excluding hydrogens is 445 g/mol. The molecule has 4 heterocycles. The van der Waals surface area contributed by atoms with Crippen molar-refractivity contribution in [2.24, 2.45) is 0 Å². The molecule has 6 rings (SSSR count). The normalized spacial score (nSPS) is 17.1. The minimum absolute atomic E-state index is 0. The Bertz CT molecular complexity index is 1450. The molecule has 2 N–H and O–H groups in total. The van der Waals surface area contributed by atoms with Gasteiger partial charge in [0.15, 0.2) is 0 Å². The van der Waals surface area contributed by atoms with Crippen molar-refractivity contribution in [3.05, 3.63) is 71.9 Å². The quantitative estimate of drug-likeness (QED) is 0.438. The van der Waals surface area contributed by atoms with E-state index < -0.39 is 17.6 Å². The second-order valence-corrected chi connectivity index (χ2v) is 8.24. The average molecular weight is 466 g/mol. The first kappa shape index (κ1) is 21.4. The summed E-state index contributed by atoms with van der Waals surface area (Å²) in [5, 5.41) is 6.93. The molecule has 4 aromatic rings. The number of nitrogens with one attached hydrogen (secondary N) is 2. The third-order valence-corrected chi connectivity index (χ3v) is 6.46. The maximum atomic E-state index is 15.2. The fourth-order valence-electron chi connectivity index (χ4n) is 5.00. The lowest BCUT2D eigenvalue weighted by atomic mass is 9.95. The van der Waals surface area contributed by atoms with Crippen molar-refractivity contribution >= 4 is 57.2 Å². The lowest BCUT2D eigenvalue weighted by Crippen LogP contribution is -2.29. The van der Waals surface area contributed by atoms with Crippen LogP contribution in [-0.4, -0.2) is 29.5 Å². The summed E-state index contributed by atoms with van der Waals surface area (Å²) in [4.78, 5) is 25.9. The number of carbonyl (C=O) groups excluding carboxylic acids is 2. The van der Waals surface area contributed by atoms with Gasteiger partial charge in [-0.05, 0) is 44.1 Å². The van der Waals surface area contributed by atoms with Gasteiger partial charge in [-0.25, -0.2) is 4.39 Å². The molecule has 2 aliphatic rings. The summed E-state index contributed by atoms with van der Waals surface area (Å²) in [7, 11) is 0. The zero-order chi connectivity index (χ0) is 21.8. The Morgan fingerprint density at radius 1 is 0.939 bits per heavy atom. The Hall–Kier alpha value is -3.42. The SMILES string of the molecule is Cl.O=C1NC(=O)C(c2cn(C3CCNCC3)c3cccc(F)c23)=C1c1cccc2ccoc12. The van der Waals surface area contributed by atoms with Crippen molar-refractivity contribution in [1.82, 2.24) is 15.2 Å². The summed E-state index contributed by atoms with van der Waals surface area (Å²) in [6.45, 7) is 1.75. The molecule has 6 nitrogen and oxygen atoms in total. The molecule has 168 valence electrons. The van der Waals surface area contributed by atoms with Gasteiger partial charge in [-0.15, -0.1) is 12.4 Å². The predicted molar refractivity (Wildman–Crippen MR) is 126 cm³/mol. The van der Waals surface area contributed by atoms with E-state index in [0.717, 1.165) is 36.8 Å². The number of aromatic nitrogens is 1. The van der Waals surface area contributed by atoms with Crippen molar-refractivity contribution in [2.45, 2.75) is 18.9 Å². The van der Waals surface area contributed by atoms with E-state index in [-0.39, 0.29) is 29.6 Å². The summed E-state index contributed by atoms with van der Waals surface area (Å²) >= 11 is 0. The van der Waals surface area contributed by atoms with E-state index in [2.05, 4.69) is 15.2 Å². The third kappa shape index (κ3) is 3.27. The summed E-state index contributed by atoms with van der Waals surface area (Å²) in [5.41, 5.74) is 2.59. The van der Waals surface area contributed by atoms with E-state index in [4.69, 9.17) is 4.42 Å². The first-order valence-electron chi connectivity index (χ1n) is 10.7. The van der Waals surface area contributed by atoms with Crippen LogP contribution < -0.4 is 10.6 Å². The molecule has 0 atom stereocenters. The number of para-hydroxylation sites is 1. The maximum Gasteiger partial charge on any atom is 0.259 e. The summed E-state index contributed by atoms with van der Waals surface area (Å²) in [6, 6.07) is 12.4. The minimum Gasteiger partial charge on any atom is -0.464 e. The number of carbonyl (C=O) groups is 2. The highest BCUT2D eigenvalue weighted by Crippen LogP contribution is 2.40. The molecule has 0 aliphatic carbocycles. The number of fused-ring (bicyclic) bond motifs is 2. The van der Waals surface area contributed by atoms with Crippen LogP contribution in [0.25, 0.3) is 33.0 Å². The van der Waals surface area contributed by atoms with Crippen LogP contribution >= 0.6 is 12.4 Å². The number of furan rings is 1. The zero-order valence-electron chi connectivity index (χ0n) is 17.6. The van der Waals surface area contributed by atoms with Gasteiger partial charge in [0, 0.05) is 34.1 Å². The van der Waals surface area contributed by atoms with Gasteiger partial charge < -0.3 is 14.3 Å². The highest BCUT2D eigenvalue weighted by Gasteiger charge is 2.36. The van der Waals surface area contributed by atoms with Gasteiger partial charge in [-0.2, -0.15) is 0 Å². The number of nitrogens with zero attached hydrogens (tertiary/aromatic N) is 1. The molecule has 33 heavy (non-hydrogen) atoms. The largest absolute Gasteiger partial charge is 0.464 e. The molecule has 2 aromatic carbocycles. The smallest absolute Gasteiger partial charge is 0.259 e. The maximum absolute atomic E-state index is 15.2. The molecule has 2 amide bonds. The summed E-state index contributed by atoms with van der Waals surface area (Å²) in [5.74, 6) is -1.45. The first-order valence-corrected chi connectivity index (χ1v) is 10.7. The van der Waals surface area contributed by atoms with Gasteiger partial charge in [0.1, 0.15) is 11.4 Å². The first-order chi connectivity index (χ1) is 15.6. The fourth-order valence-corrected chi connectivity index (χ4v) is 5.00. The van der Waals surface area contributed by atoms with Crippen LogP contribution in [0.5, 0.6) is 0 Å². The molecule has 0 bridgehead atoms. The molecule has 1 saturated heterocycles. The van der Waals surface area contributed by atoms with Gasteiger partial charge in [-0.1, -0.05) is 24.3 Å². The van der Waals surface area contributed by atoms with Crippen LogP contribution in [0.1, 0.15) is 30.0 Å². The van der Waals surface area contributed by atoms with Gasteiger partial charge in [0.2, 0.25) is 0 Å². The van der Waals surface area contributed by atoms with Crippen LogP contribution in [-0.2, 0) is 9.59 Å². The molecule has 0 saturated carbocycles. The van der Waals surface area contributed by atoms with Crippen molar-refractivity contribution in [1.29, 1.82) is 0 Å². The van der Waals surface area contributed by atoms with Crippen LogP contribution in [0.15, 0.2) is 59.3 Å². The van der Waals surface area contributed by atoms with Crippen LogP contribution in [0.4, 0.5) is 4.39 Å². The van der Waals surface area contributed by atoms with Crippen LogP contribution in [0.3, 0.4) is 0 Å². The number of imide groups is 1. The Kier molecular flexibility index (Phi) is 5.31. The molecule has 0 spiro atoms. The number of halogens is 2. The molecule has 2 aromatic heterocycles. The Morgan fingerprint density at radius 2 is 1.67 bits per heavy atom. The minimum atomic E-state index is -0.527. The average Bonchev–Trinajstić information content (AvgIpc) is 3.50. The number of piperidine rings is 1. The highest BCUT2D eigenvalue weighted by molar-refractivity contribution is 6.50. The standard InChI is InChI=1S/C25H20FN3O3.ClH/c26-18-5-2-6-19-20(18)17(13-29(19)15-7-10-27-11-8-15)22-21(24(30)28-25(22)31)16-4-1-3-14-9-12-32-23(14)16;/h1-6,9,12-13,15,27H,7-8,10-11H2,(H,28,30,31);1H. The van der Waals surface area contributed by atoms with E-state index in [1.807, 2.05) is 24.4 Å². The zero-order valence-corrected chi connectivity index (χ0v) is 18.4. The van der Waals surface area contributed by atoms with Crippen molar-refractivity contribution in [3.8, 4) is 0 Å². The third-order valence-electron chi connectivity index (χ3n) is 6.46. The lowest BCUT2D eigenvalue weighted by molar-refractivity contribution is -0.122. The summed E-state index contributed by atoms with van der Waals surface area (Å²) in [6.07, 6.45) is 5.19. The van der Waals surface area contributed by atoms with E-state index in [1.54, 1.807) is 24.5 Å². The number of hydrogen-bond acceptors (Lipinski definition) is 4. The number of hydrogen-bond donors (Lipinski definition) is 2. The Balaban J connectivity index is 0.00000228. The topological polar surface area (TPSA) is 76.3 Å². The van der Waals surface area contributed by atoms with Gasteiger partial charge in [0.25, 0.3) is 11.8 Å². The lowest BCUT2D eigenvalue weighted by Gasteiger charge is -2.25. The van der Waals surface area contributed by atoms with E-state index >= 15 is 4.39 Å². The van der Waals surface area contributed by atoms with E-state index in [0.29, 0.717) is 22.1 Å². The molecule has 8 heteroatoms. The molecule has 0 radical (unpaired) electrons. The summed E-state index contributed by atoms with van der Waals surface area (Å²) < 4.78 is 22.8. The molecule has 2 aliphatic heterocycles. The van der Waals surface area contributed by atoms with E-state index in [9.17, 15) is 9.59 Å². The van der Waals surface area contributed by atoms with Crippen LogP contribution in [0, 0.1) is 5.82 Å². The fraction of sp³-hybridized carbons (Fsp3) is 0.200. The monoisotopic (exact) mass is 465 g/mol. The van der Waals surface area contributed by atoms with Crippen molar-refractivity contribution < 1.29 is 18.4 Å². The number of rotatable bonds is 3. The van der Waals surface area contributed by atoms with Gasteiger partial charge in [-0.3, -0.25) is 14.9 Å². The predicted octanol–water partition coefficient (Wildman–Crippen LogP) is 4.44. The number of benzene rings is 2. The molecule has 0 unspecified atom stereocenters. The van der Waals surface area contributed by atoms with E-state index in [1.165, 1.54) is 6.07 Å². The van der Waals surface area contributed by atoms with Crippen molar-refractivity contribution in [2.75, 3.05) is 13.1 Å². The molecular formula is C25H21ClFN3O3. The van der Waals surface area contributed by atoms with Gasteiger partial charge >= 0.3 is 0 Å². The molecule has 1 fully saturated rings. The van der Waals surface area contributed by atoms with Gasteiger partial charge in [0.05, 0.1) is 22.9 Å². The Labute approximate surface area is 194 Å².